The first-order valence-corrected chi connectivity index (χ1v) is 13.2. The van der Waals surface area contributed by atoms with Gasteiger partial charge >= 0.3 is 0 Å². The van der Waals surface area contributed by atoms with Crippen molar-refractivity contribution in [3.8, 4) is 0 Å². The molecule has 0 rings (SSSR count). The summed E-state index contributed by atoms with van der Waals surface area (Å²) in [5, 5.41) is 0. The second-order valence-corrected chi connectivity index (χ2v) is 16.5. The molecule has 0 amide bonds. The van der Waals surface area contributed by atoms with Gasteiger partial charge in [-0.2, -0.15) is 10.2 Å². The summed E-state index contributed by atoms with van der Waals surface area (Å²) in [5.41, 5.74) is 0.179. The molecule has 0 saturated carbocycles. The lowest BCUT2D eigenvalue weighted by atomic mass is 10.1. The van der Waals surface area contributed by atoms with Crippen LogP contribution in [0.5, 0.6) is 0 Å². The predicted octanol–water partition coefficient (Wildman–Crippen LogP) is 4.47. The molecular weight excluding hydrogens is 318 g/mol. The molecule has 0 aromatic carbocycles. The first kappa shape index (κ1) is 21.9. The van der Waals surface area contributed by atoms with E-state index in [1.165, 1.54) is 0 Å². The number of hydrogen-bond acceptors (Lipinski definition) is 4. The summed E-state index contributed by atoms with van der Waals surface area (Å²) in [7, 11) is 4.81. The Bertz CT molecular complexity index is 349. The van der Waals surface area contributed by atoms with Gasteiger partial charge in [-0.1, -0.05) is 11.9 Å². The molecule has 0 aromatic rings. The lowest BCUT2D eigenvalue weighted by Crippen LogP contribution is -2.51. The van der Waals surface area contributed by atoms with Crippen LogP contribution in [-0.4, -0.2) is 75.2 Å². The minimum atomic E-state index is -1.01. The van der Waals surface area contributed by atoms with Crippen LogP contribution in [0.2, 0.25) is 0 Å². The van der Waals surface area contributed by atoms with E-state index in [0.29, 0.717) is 0 Å². The highest BCUT2D eigenvalue weighted by molar-refractivity contribution is 8.44. The molecule has 3 nitrogen and oxygen atoms in total. The van der Waals surface area contributed by atoms with E-state index < -0.39 is 20.6 Å². The summed E-state index contributed by atoms with van der Waals surface area (Å²) in [6.07, 6.45) is 11.9. The van der Waals surface area contributed by atoms with Crippen LogP contribution in [0.1, 0.15) is 34.6 Å². The van der Waals surface area contributed by atoms with Crippen LogP contribution in [0.25, 0.3) is 0 Å². The van der Waals surface area contributed by atoms with Crippen molar-refractivity contribution in [3.63, 3.8) is 0 Å². The van der Waals surface area contributed by atoms with Crippen LogP contribution in [0, 0.1) is 0 Å². The molecule has 6 heteroatoms. The summed E-state index contributed by atoms with van der Waals surface area (Å²) >= 11 is 1.82. The van der Waals surface area contributed by atoms with Crippen molar-refractivity contribution in [2.24, 2.45) is 0 Å². The van der Waals surface area contributed by atoms with E-state index in [0.717, 1.165) is 0 Å². The molecule has 0 spiro atoms. The highest BCUT2D eigenvalue weighted by atomic mass is 32.3. The quantitative estimate of drug-likeness (QED) is 0.649. The Kier molecular flexibility index (Phi) is 7.12. The van der Waals surface area contributed by atoms with E-state index >= 15 is 0 Å². The molecule has 0 aliphatic carbocycles. The van der Waals surface area contributed by atoms with Gasteiger partial charge in [-0.25, -0.2) is 8.02 Å². The van der Waals surface area contributed by atoms with E-state index in [4.69, 9.17) is 0 Å². The predicted molar refractivity (Wildman–Crippen MR) is 110 cm³/mol. The first-order chi connectivity index (χ1) is 9.04. The van der Waals surface area contributed by atoms with Crippen molar-refractivity contribution in [2.75, 3.05) is 52.4 Å². The minimum Gasteiger partial charge on any atom is -0.254 e. The molecule has 0 radical (unpaired) electrons. The molecule has 0 atom stereocenters. The van der Waals surface area contributed by atoms with E-state index in [-0.39, 0.29) is 10.4 Å². The summed E-state index contributed by atoms with van der Waals surface area (Å²) in [6, 6.07) is 0. The molecule has 0 saturated heterocycles. The van der Waals surface area contributed by atoms with Crippen molar-refractivity contribution in [3.05, 3.63) is 0 Å². The molecule has 21 heavy (non-hydrogen) atoms. The average molecular weight is 358 g/mol. The number of nitrogens with zero attached hydrogens (tertiary/aromatic N) is 3. The number of hydrogen-bond donors (Lipinski definition) is 0. The Balaban J connectivity index is 5.63. The largest absolute Gasteiger partial charge is 0.254 e. The third-order valence-electron chi connectivity index (χ3n) is 5.14. The summed E-state index contributed by atoms with van der Waals surface area (Å²) in [6.45, 7) is 11.7. The van der Waals surface area contributed by atoms with Crippen molar-refractivity contribution in [1.29, 1.82) is 0 Å². The highest BCUT2D eigenvalue weighted by Crippen LogP contribution is 2.68. The molecular formula is C15H39N3S3. The standard InChI is InChI=1S/C15H39N3S3/c1-14(2,3)17(7)21(12,13)18(8)20(10,11)15(4,5)16(6)19-9/h1-13H3. The van der Waals surface area contributed by atoms with Crippen LogP contribution in [0.4, 0.5) is 0 Å². The fourth-order valence-electron chi connectivity index (χ4n) is 2.15. The van der Waals surface area contributed by atoms with Gasteiger partial charge in [-0.05, 0) is 80.0 Å². The number of rotatable bonds is 6. The lowest BCUT2D eigenvalue weighted by Gasteiger charge is -2.64. The highest BCUT2D eigenvalue weighted by Gasteiger charge is 2.44. The SMILES string of the molecule is CSN(C)C(C)(C)S(C)(C)N(C)S(C)(C)N(C)C(C)(C)C. The van der Waals surface area contributed by atoms with Crippen molar-refractivity contribution < 1.29 is 0 Å². The smallest absolute Gasteiger partial charge is 0.0670 e. The third kappa shape index (κ3) is 4.27. The monoisotopic (exact) mass is 357 g/mol. The molecule has 0 aromatic heterocycles. The van der Waals surface area contributed by atoms with Crippen molar-refractivity contribution in [2.45, 2.75) is 45.0 Å². The molecule has 0 heterocycles. The maximum Gasteiger partial charge on any atom is 0.0670 e. The summed E-state index contributed by atoms with van der Waals surface area (Å²) in [4.78, 5) is 0.143. The van der Waals surface area contributed by atoms with Crippen LogP contribution >= 0.6 is 32.6 Å². The fraction of sp³-hybridized carbons (Fsp3) is 1.00. The molecule has 0 N–H and O–H groups in total. The van der Waals surface area contributed by atoms with Crippen LogP contribution < -0.4 is 0 Å². The Labute approximate surface area is 142 Å². The summed E-state index contributed by atoms with van der Waals surface area (Å²) in [5.74, 6) is 0. The maximum absolute atomic E-state index is 2.68. The van der Waals surface area contributed by atoms with Gasteiger partial charge in [0.2, 0.25) is 0 Å². The molecule has 0 unspecified atom stereocenters. The van der Waals surface area contributed by atoms with Gasteiger partial charge in [0.05, 0.1) is 4.87 Å². The van der Waals surface area contributed by atoms with Crippen LogP contribution in [0.3, 0.4) is 0 Å². The van der Waals surface area contributed by atoms with Gasteiger partial charge in [0.1, 0.15) is 0 Å². The Morgan fingerprint density at radius 3 is 1.48 bits per heavy atom. The lowest BCUT2D eigenvalue weighted by molar-refractivity contribution is 0.305. The molecule has 0 fully saturated rings. The van der Waals surface area contributed by atoms with E-state index in [1.807, 2.05) is 11.9 Å². The Morgan fingerprint density at radius 1 is 0.810 bits per heavy atom. The zero-order chi connectivity index (χ0) is 17.4. The normalized spacial score (nSPS) is 17.0. The second kappa shape index (κ2) is 6.81. The molecule has 0 aliphatic heterocycles. The van der Waals surface area contributed by atoms with E-state index in [1.54, 1.807) is 0 Å². The van der Waals surface area contributed by atoms with Gasteiger partial charge in [0.25, 0.3) is 0 Å². The second-order valence-electron chi connectivity index (χ2n) is 7.73. The van der Waals surface area contributed by atoms with E-state index in [2.05, 4.69) is 99.4 Å². The zero-order valence-corrected chi connectivity index (χ0v) is 19.0. The molecule has 0 bridgehead atoms. The molecule has 132 valence electrons. The van der Waals surface area contributed by atoms with Crippen molar-refractivity contribution in [1.82, 2.24) is 12.3 Å². The van der Waals surface area contributed by atoms with E-state index in [9.17, 15) is 0 Å². The van der Waals surface area contributed by atoms with Crippen LogP contribution in [-0.2, 0) is 0 Å². The van der Waals surface area contributed by atoms with Gasteiger partial charge in [0, 0.05) is 12.6 Å². The zero-order valence-electron chi connectivity index (χ0n) is 16.6. The van der Waals surface area contributed by atoms with Gasteiger partial charge in [-0.15, -0.1) is 10.4 Å². The minimum absolute atomic E-state index is 0.143. The van der Waals surface area contributed by atoms with Gasteiger partial charge in [0.15, 0.2) is 0 Å². The third-order valence-corrected chi connectivity index (χ3v) is 15.6. The molecule has 0 aliphatic rings. The van der Waals surface area contributed by atoms with Crippen molar-refractivity contribution >= 4 is 32.6 Å². The van der Waals surface area contributed by atoms with Gasteiger partial charge < -0.3 is 0 Å². The first-order valence-electron chi connectivity index (χ1n) is 7.26. The summed E-state index contributed by atoms with van der Waals surface area (Å²) < 4.78 is 7.65. The average Bonchev–Trinajstić information content (AvgIpc) is 2.34. The topological polar surface area (TPSA) is 9.72 Å². The Morgan fingerprint density at radius 2 is 1.19 bits per heavy atom. The van der Waals surface area contributed by atoms with Gasteiger partial charge in [-0.3, -0.25) is 4.31 Å². The fourth-order valence-corrected chi connectivity index (χ4v) is 10.8. The maximum atomic E-state index is 2.68. The Hall–Kier alpha value is 0.930. The van der Waals surface area contributed by atoms with Crippen LogP contribution in [0.15, 0.2) is 0 Å².